The van der Waals surface area contributed by atoms with Gasteiger partial charge in [0.25, 0.3) is 5.56 Å². The molecule has 0 aliphatic carbocycles. The number of furan rings is 1. The van der Waals surface area contributed by atoms with Crippen molar-refractivity contribution in [3.63, 3.8) is 0 Å². The van der Waals surface area contributed by atoms with Gasteiger partial charge in [-0.15, -0.1) is 0 Å². The first-order chi connectivity index (χ1) is 17.0. The van der Waals surface area contributed by atoms with Crippen molar-refractivity contribution in [2.75, 3.05) is 47.1 Å². The number of morpholine rings is 1. The van der Waals surface area contributed by atoms with E-state index in [1.54, 1.807) is 12.1 Å². The van der Waals surface area contributed by atoms with E-state index in [0.717, 1.165) is 24.6 Å². The van der Waals surface area contributed by atoms with E-state index in [1.165, 1.54) is 25.1 Å². The summed E-state index contributed by atoms with van der Waals surface area (Å²) in [6, 6.07) is 7.17. The number of methoxy groups -OCH3 is 2. The van der Waals surface area contributed by atoms with Gasteiger partial charge in [-0.1, -0.05) is 0 Å². The monoisotopic (exact) mass is 484 g/mol. The van der Waals surface area contributed by atoms with Crippen LogP contribution < -0.4 is 20.3 Å². The fraction of sp³-hybridized carbons (Fsp3) is 0.480. The number of benzene rings is 1. The number of rotatable bonds is 10. The fourth-order valence-corrected chi connectivity index (χ4v) is 4.28. The second-order valence-corrected chi connectivity index (χ2v) is 8.49. The number of fused-ring (bicyclic) bond motifs is 1. The van der Waals surface area contributed by atoms with Crippen LogP contribution in [0, 0.1) is 6.92 Å². The molecule has 1 N–H and O–H groups in total. The minimum Gasteiger partial charge on any atom is -0.493 e. The molecule has 3 heterocycles. The minimum absolute atomic E-state index is 0.0455. The molecule has 188 valence electrons. The molecule has 3 aromatic rings. The molecule has 35 heavy (non-hydrogen) atoms. The molecule has 0 saturated carbocycles. The van der Waals surface area contributed by atoms with Crippen molar-refractivity contribution in [2.24, 2.45) is 0 Å². The van der Waals surface area contributed by atoms with Crippen LogP contribution in [0.15, 0.2) is 39.8 Å². The van der Waals surface area contributed by atoms with Crippen molar-refractivity contribution in [1.82, 2.24) is 19.8 Å². The maximum Gasteiger partial charge on any atom is 0.261 e. The van der Waals surface area contributed by atoms with Crippen molar-refractivity contribution in [3.05, 3.63) is 52.5 Å². The number of aromatic nitrogens is 2. The minimum atomic E-state index is -0.183. The highest BCUT2D eigenvalue weighted by Gasteiger charge is 2.25. The van der Waals surface area contributed by atoms with Crippen LogP contribution in [-0.4, -0.2) is 67.4 Å². The van der Waals surface area contributed by atoms with Gasteiger partial charge in [0.15, 0.2) is 11.5 Å². The SMILES string of the molecule is COc1cc2ncn(CCCC(=O)NCC(c3ccc(C)o3)N3CCOCC3)c(=O)c2cc1OC. The second-order valence-electron chi connectivity index (χ2n) is 8.49. The van der Waals surface area contributed by atoms with Crippen LogP contribution in [0.4, 0.5) is 0 Å². The highest BCUT2D eigenvalue weighted by molar-refractivity contribution is 5.81. The van der Waals surface area contributed by atoms with E-state index in [4.69, 9.17) is 18.6 Å². The molecule has 2 aromatic heterocycles. The van der Waals surface area contributed by atoms with Gasteiger partial charge in [0.1, 0.15) is 11.5 Å². The first-order valence-corrected chi connectivity index (χ1v) is 11.8. The Bertz CT molecular complexity index is 1210. The number of nitrogens with one attached hydrogen (secondary N) is 1. The summed E-state index contributed by atoms with van der Waals surface area (Å²) in [5, 5.41) is 3.47. The average molecular weight is 485 g/mol. The third-order valence-corrected chi connectivity index (χ3v) is 6.20. The van der Waals surface area contributed by atoms with Gasteiger partial charge in [-0.05, 0) is 31.5 Å². The van der Waals surface area contributed by atoms with Gasteiger partial charge in [-0.2, -0.15) is 0 Å². The predicted octanol–water partition coefficient (Wildman–Crippen LogP) is 2.29. The number of nitrogens with zero attached hydrogens (tertiary/aromatic N) is 3. The Morgan fingerprint density at radius 3 is 2.60 bits per heavy atom. The smallest absolute Gasteiger partial charge is 0.261 e. The predicted molar refractivity (Wildman–Crippen MR) is 130 cm³/mol. The molecule has 10 nitrogen and oxygen atoms in total. The van der Waals surface area contributed by atoms with Crippen LogP contribution in [0.5, 0.6) is 11.5 Å². The summed E-state index contributed by atoms with van der Waals surface area (Å²) in [6.07, 6.45) is 2.31. The largest absolute Gasteiger partial charge is 0.493 e. The third-order valence-electron chi connectivity index (χ3n) is 6.20. The molecule has 1 saturated heterocycles. The summed E-state index contributed by atoms with van der Waals surface area (Å²) in [5.41, 5.74) is 0.348. The zero-order chi connectivity index (χ0) is 24.8. The average Bonchev–Trinajstić information content (AvgIpc) is 3.31. The molecule has 1 aliphatic heterocycles. The molecule has 1 amide bonds. The van der Waals surface area contributed by atoms with Gasteiger partial charge in [-0.3, -0.25) is 19.1 Å². The number of carbonyl (C=O) groups excluding carboxylic acids is 1. The normalized spacial score (nSPS) is 15.2. The Kier molecular flexibility index (Phi) is 8.04. The van der Waals surface area contributed by atoms with Crippen molar-refractivity contribution >= 4 is 16.8 Å². The van der Waals surface area contributed by atoms with E-state index >= 15 is 0 Å². The topological polar surface area (TPSA) is 108 Å². The summed E-state index contributed by atoms with van der Waals surface area (Å²) >= 11 is 0. The Labute approximate surface area is 203 Å². The quantitative estimate of drug-likeness (QED) is 0.467. The Morgan fingerprint density at radius 2 is 1.91 bits per heavy atom. The Balaban J connectivity index is 1.35. The molecule has 4 rings (SSSR count). The molecule has 1 unspecified atom stereocenters. The van der Waals surface area contributed by atoms with Crippen LogP contribution in [-0.2, 0) is 16.1 Å². The molecule has 0 radical (unpaired) electrons. The summed E-state index contributed by atoms with van der Waals surface area (Å²) in [6.45, 7) is 5.64. The molecule has 0 bridgehead atoms. The van der Waals surface area contributed by atoms with E-state index in [2.05, 4.69) is 15.2 Å². The van der Waals surface area contributed by atoms with E-state index in [-0.39, 0.29) is 17.5 Å². The summed E-state index contributed by atoms with van der Waals surface area (Å²) in [4.78, 5) is 32.2. The van der Waals surface area contributed by atoms with E-state index in [0.29, 0.717) is 61.5 Å². The molecule has 1 fully saturated rings. The van der Waals surface area contributed by atoms with Crippen LogP contribution in [0.2, 0.25) is 0 Å². The van der Waals surface area contributed by atoms with Crippen LogP contribution in [0.3, 0.4) is 0 Å². The fourth-order valence-electron chi connectivity index (χ4n) is 4.28. The molecule has 1 aliphatic rings. The highest BCUT2D eigenvalue weighted by Crippen LogP contribution is 2.29. The molecule has 1 aromatic carbocycles. The van der Waals surface area contributed by atoms with Crippen LogP contribution in [0.1, 0.15) is 30.4 Å². The van der Waals surface area contributed by atoms with Gasteiger partial charge in [0, 0.05) is 38.7 Å². The van der Waals surface area contributed by atoms with Crippen molar-refractivity contribution < 1.29 is 23.4 Å². The van der Waals surface area contributed by atoms with Gasteiger partial charge in [-0.25, -0.2) is 4.98 Å². The zero-order valence-corrected chi connectivity index (χ0v) is 20.4. The van der Waals surface area contributed by atoms with Gasteiger partial charge >= 0.3 is 0 Å². The lowest BCUT2D eigenvalue weighted by Crippen LogP contribution is -2.43. The van der Waals surface area contributed by atoms with Crippen molar-refractivity contribution in [1.29, 1.82) is 0 Å². The molecule has 10 heteroatoms. The number of amides is 1. The number of aryl methyl sites for hydroxylation is 2. The number of hydrogen-bond donors (Lipinski definition) is 1. The van der Waals surface area contributed by atoms with E-state index < -0.39 is 0 Å². The molecular weight excluding hydrogens is 452 g/mol. The van der Waals surface area contributed by atoms with E-state index in [1.807, 2.05) is 19.1 Å². The molecule has 0 spiro atoms. The first kappa shape index (κ1) is 24.7. The maximum absolute atomic E-state index is 12.9. The van der Waals surface area contributed by atoms with Crippen LogP contribution >= 0.6 is 0 Å². The third kappa shape index (κ3) is 5.83. The standard InChI is InChI=1S/C25H32N4O6/c1-17-6-7-21(35-17)20(28-9-11-34-12-10-28)15-26-24(30)5-4-8-29-16-27-19-14-23(33-3)22(32-2)13-18(19)25(29)31/h6-7,13-14,16,20H,4-5,8-12,15H2,1-3H3,(H,26,30). The number of carbonyl (C=O) groups is 1. The van der Waals surface area contributed by atoms with Crippen molar-refractivity contribution in [2.45, 2.75) is 32.4 Å². The molecular formula is C25H32N4O6. The number of hydrogen-bond acceptors (Lipinski definition) is 8. The number of ether oxygens (including phenoxy) is 3. The first-order valence-electron chi connectivity index (χ1n) is 11.8. The lowest BCUT2D eigenvalue weighted by atomic mass is 10.1. The van der Waals surface area contributed by atoms with Crippen LogP contribution in [0.25, 0.3) is 10.9 Å². The zero-order valence-electron chi connectivity index (χ0n) is 20.4. The van der Waals surface area contributed by atoms with Crippen molar-refractivity contribution in [3.8, 4) is 11.5 Å². The van der Waals surface area contributed by atoms with Gasteiger partial charge in [0.2, 0.25) is 5.91 Å². The summed E-state index contributed by atoms with van der Waals surface area (Å²) in [5.74, 6) is 2.60. The van der Waals surface area contributed by atoms with E-state index in [9.17, 15) is 9.59 Å². The highest BCUT2D eigenvalue weighted by atomic mass is 16.5. The second kappa shape index (κ2) is 11.4. The van der Waals surface area contributed by atoms with Gasteiger partial charge < -0.3 is 23.9 Å². The molecule has 1 atom stereocenters. The Hall–Kier alpha value is -3.37. The summed E-state index contributed by atoms with van der Waals surface area (Å²) in [7, 11) is 3.06. The maximum atomic E-state index is 12.9. The van der Waals surface area contributed by atoms with Gasteiger partial charge in [0.05, 0.1) is 50.7 Å². The lowest BCUT2D eigenvalue weighted by Gasteiger charge is -2.33. The Morgan fingerprint density at radius 1 is 1.17 bits per heavy atom. The summed E-state index contributed by atoms with van der Waals surface area (Å²) < 4.78 is 23.4. The lowest BCUT2D eigenvalue weighted by molar-refractivity contribution is -0.121.